The van der Waals surface area contributed by atoms with Crippen LogP contribution in [0.3, 0.4) is 0 Å². The highest BCUT2D eigenvalue weighted by molar-refractivity contribution is 5.21. The van der Waals surface area contributed by atoms with Crippen molar-refractivity contribution in [2.45, 2.75) is 33.2 Å². The lowest BCUT2D eigenvalue weighted by atomic mass is 9.91. The van der Waals surface area contributed by atoms with Crippen molar-refractivity contribution >= 4 is 0 Å². The number of hydrogen-bond donors (Lipinski definition) is 1. The molecule has 1 aromatic rings. The van der Waals surface area contributed by atoms with Gasteiger partial charge in [0.15, 0.2) is 0 Å². The molecule has 0 bridgehead atoms. The number of rotatable bonds is 7. The molecule has 0 heterocycles. The maximum Gasteiger partial charge on any atom is 0.127 e. The van der Waals surface area contributed by atoms with Crippen LogP contribution in [0.5, 0.6) is 0 Å². The molecule has 0 radical (unpaired) electrons. The fourth-order valence-electron chi connectivity index (χ4n) is 2.54. The van der Waals surface area contributed by atoms with Gasteiger partial charge in [-0.25, -0.2) is 4.39 Å². The molecule has 0 saturated heterocycles. The summed E-state index contributed by atoms with van der Waals surface area (Å²) in [5.74, 6) is -0.118. The lowest BCUT2D eigenvalue weighted by molar-refractivity contribution is 0.224. The highest BCUT2D eigenvalue weighted by atomic mass is 19.1. The summed E-state index contributed by atoms with van der Waals surface area (Å²) in [6, 6.07) is 7.12. The Morgan fingerprint density at radius 1 is 1.26 bits per heavy atom. The summed E-state index contributed by atoms with van der Waals surface area (Å²) in [6.07, 6.45) is 0.888. The number of nitrogens with one attached hydrogen (secondary N) is 1. The molecule has 2 nitrogen and oxygen atoms in total. The average molecular weight is 266 g/mol. The monoisotopic (exact) mass is 266 g/mol. The molecule has 0 aliphatic carbocycles. The van der Waals surface area contributed by atoms with Crippen LogP contribution in [0.4, 0.5) is 4.39 Å². The van der Waals surface area contributed by atoms with E-state index in [1.54, 1.807) is 6.07 Å². The van der Waals surface area contributed by atoms with Crippen LogP contribution in [0.1, 0.15) is 38.8 Å². The summed E-state index contributed by atoms with van der Waals surface area (Å²) in [4.78, 5) is 2.19. The second kappa shape index (κ2) is 7.01. The third-order valence-electron chi connectivity index (χ3n) is 3.26. The maximum absolute atomic E-state index is 13.8. The van der Waals surface area contributed by atoms with Crippen LogP contribution in [0.15, 0.2) is 24.3 Å². The first-order valence-electron chi connectivity index (χ1n) is 6.98. The molecular formula is C16H27FN2. The summed E-state index contributed by atoms with van der Waals surface area (Å²) < 4.78 is 13.8. The molecule has 3 heteroatoms. The van der Waals surface area contributed by atoms with E-state index in [0.717, 1.165) is 25.1 Å². The van der Waals surface area contributed by atoms with E-state index in [4.69, 9.17) is 0 Å². The van der Waals surface area contributed by atoms with E-state index in [-0.39, 0.29) is 17.3 Å². The van der Waals surface area contributed by atoms with Crippen LogP contribution in [-0.2, 0) is 0 Å². The van der Waals surface area contributed by atoms with E-state index in [2.05, 4.69) is 45.1 Å². The lowest BCUT2D eigenvalue weighted by Gasteiger charge is -2.31. The quantitative estimate of drug-likeness (QED) is 0.813. The highest BCUT2D eigenvalue weighted by Crippen LogP contribution is 2.22. The van der Waals surface area contributed by atoms with Gasteiger partial charge in [0, 0.05) is 24.7 Å². The zero-order chi connectivity index (χ0) is 14.5. The molecule has 0 aliphatic rings. The van der Waals surface area contributed by atoms with Crippen LogP contribution < -0.4 is 5.32 Å². The summed E-state index contributed by atoms with van der Waals surface area (Å²) in [7, 11) is 4.16. The molecule has 1 atom stereocenters. The van der Waals surface area contributed by atoms with Crippen molar-refractivity contribution in [3.05, 3.63) is 35.6 Å². The van der Waals surface area contributed by atoms with Gasteiger partial charge in [-0.2, -0.15) is 0 Å². The van der Waals surface area contributed by atoms with Crippen LogP contribution in [0.2, 0.25) is 0 Å². The Hall–Kier alpha value is -0.930. The van der Waals surface area contributed by atoms with Crippen molar-refractivity contribution < 1.29 is 4.39 Å². The molecule has 1 unspecified atom stereocenters. The van der Waals surface area contributed by atoms with Crippen molar-refractivity contribution in [1.82, 2.24) is 10.2 Å². The largest absolute Gasteiger partial charge is 0.309 e. The van der Waals surface area contributed by atoms with Gasteiger partial charge >= 0.3 is 0 Å². The SMILES string of the molecule is CCC(NCC(C)(C)CN(C)C)c1ccccc1F. The Balaban J connectivity index is 2.66. The van der Waals surface area contributed by atoms with Crippen molar-refractivity contribution in [2.75, 3.05) is 27.2 Å². The van der Waals surface area contributed by atoms with Crippen LogP contribution in [0.25, 0.3) is 0 Å². The molecule has 0 amide bonds. The summed E-state index contributed by atoms with van der Waals surface area (Å²) in [6.45, 7) is 8.43. The van der Waals surface area contributed by atoms with Gasteiger partial charge in [0.2, 0.25) is 0 Å². The molecule has 0 saturated carbocycles. The van der Waals surface area contributed by atoms with E-state index in [9.17, 15) is 4.39 Å². The third-order valence-corrected chi connectivity index (χ3v) is 3.26. The van der Waals surface area contributed by atoms with Gasteiger partial charge < -0.3 is 10.2 Å². The molecule has 1 N–H and O–H groups in total. The van der Waals surface area contributed by atoms with Gasteiger partial charge in [0.25, 0.3) is 0 Å². The second-order valence-electron chi connectivity index (χ2n) is 6.27. The van der Waals surface area contributed by atoms with Crippen molar-refractivity contribution in [1.29, 1.82) is 0 Å². The van der Waals surface area contributed by atoms with Crippen molar-refractivity contribution in [2.24, 2.45) is 5.41 Å². The van der Waals surface area contributed by atoms with Crippen molar-refractivity contribution in [3.8, 4) is 0 Å². The highest BCUT2D eigenvalue weighted by Gasteiger charge is 2.21. The first kappa shape index (κ1) is 16.1. The van der Waals surface area contributed by atoms with E-state index in [1.165, 1.54) is 6.07 Å². The van der Waals surface area contributed by atoms with Crippen LogP contribution in [0, 0.1) is 11.2 Å². The summed E-state index contributed by atoms with van der Waals surface area (Å²) in [5, 5.41) is 3.51. The number of halogens is 1. The molecule has 0 spiro atoms. The average Bonchev–Trinajstić information content (AvgIpc) is 2.30. The Labute approximate surface area is 117 Å². The molecule has 19 heavy (non-hydrogen) atoms. The molecule has 1 aromatic carbocycles. The predicted octanol–water partition coefficient (Wildman–Crippen LogP) is 3.45. The molecule has 1 rings (SSSR count). The Kier molecular flexibility index (Phi) is 5.95. The fourth-order valence-corrected chi connectivity index (χ4v) is 2.54. The second-order valence-corrected chi connectivity index (χ2v) is 6.27. The number of benzene rings is 1. The van der Waals surface area contributed by atoms with Gasteiger partial charge in [-0.15, -0.1) is 0 Å². The predicted molar refractivity (Wildman–Crippen MR) is 79.8 cm³/mol. The normalized spacial score (nSPS) is 13.8. The molecule has 108 valence electrons. The number of hydrogen-bond acceptors (Lipinski definition) is 2. The number of nitrogens with zero attached hydrogens (tertiary/aromatic N) is 1. The lowest BCUT2D eigenvalue weighted by Crippen LogP contribution is -2.39. The van der Waals surface area contributed by atoms with E-state index >= 15 is 0 Å². The van der Waals surface area contributed by atoms with Crippen molar-refractivity contribution in [3.63, 3.8) is 0 Å². The van der Waals surface area contributed by atoms with E-state index in [1.807, 2.05) is 12.1 Å². The van der Waals surface area contributed by atoms with Gasteiger partial charge in [-0.05, 0) is 32.0 Å². The van der Waals surface area contributed by atoms with E-state index in [0.29, 0.717) is 0 Å². The smallest absolute Gasteiger partial charge is 0.127 e. The Morgan fingerprint density at radius 2 is 1.89 bits per heavy atom. The molecular weight excluding hydrogens is 239 g/mol. The van der Waals surface area contributed by atoms with Gasteiger partial charge in [-0.1, -0.05) is 39.0 Å². The topological polar surface area (TPSA) is 15.3 Å². The van der Waals surface area contributed by atoms with Crippen LogP contribution >= 0.6 is 0 Å². The minimum Gasteiger partial charge on any atom is -0.309 e. The summed E-state index contributed by atoms with van der Waals surface area (Å²) >= 11 is 0. The molecule has 0 aromatic heterocycles. The van der Waals surface area contributed by atoms with E-state index < -0.39 is 0 Å². The van der Waals surface area contributed by atoms with Crippen LogP contribution in [-0.4, -0.2) is 32.1 Å². The fraction of sp³-hybridized carbons (Fsp3) is 0.625. The minimum absolute atomic E-state index is 0.0858. The first-order valence-corrected chi connectivity index (χ1v) is 6.98. The third kappa shape index (κ3) is 5.29. The Bertz CT molecular complexity index is 388. The zero-order valence-corrected chi connectivity index (χ0v) is 12.8. The van der Waals surface area contributed by atoms with Gasteiger partial charge in [0.1, 0.15) is 5.82 Å². The summed E-state index contributed by atoms with van der Waals surface area (Å²) in [5.41, 5.74) is 0.938. The Morgan fingerprint density at radius 3 is 2.42 bits per heavy atom. The minimum atomic E-state index is -0.118. The van der Waals surface area contributed by atoms with Gasteiger partial charge in [-0.3, -0.25) is 0 Å². The molecule has 0 fully saturated rings. The standard InChI is InChI=1S/C16H27FN2/c1-6-15(13-9-7-8-10-14(13)17)18-11-16(2,3)12-19(4)5/h7-10,15,18H,6,11-12H2,1-5H3. The zero-order valence-electron chi connectivity index (χ0n) is 12.8. The first-order chi connectivity index (χ1) is 8.85. The maximum atomic E-state index is 13.8. The van der Waals surface area contributed by atoms with Gasteiger partial charge in [0.05, 0.1) is 0 Å². The molecule has 0 aliphatic heterocycles.